The van der Waals surface area contributed by atoms with Crippen molar-refractivity contribution in [2.24, 2.45) is 5.73 Å². The van der Waals surface area contributed by atoms with Gasteiger partial charge in [0.1, 0.15) is 16.5 Å². The summed E-state index contributed by atoms with van der Waals surface area (Å²) < 4.78 is 0. The number of amides is 1. The van der Waals surface area contributed by atoms with Crippen LogP contribution in [-0.2, 0) is 13.1 Å². The number of carbonyl (C=O) groups is 1. The Hall–Kier alpha value is -1.92. The van der Waals surface area contributed by atoms with E-state index in [4.69, 9.17) is 5.73 Å². The minimum absolute atomic E-state index is 0.135. The summed E-state index contributed by atoms with van der Waals surface area (Å²) in [6.07, 6.45) is 0. The number of phenols is 1. The smallest absolute Gasteiger partial charge is 0.273 e. The first-order chi connectivity index (χ1) is 9.10. The standard InChI is InChI=1S/C13H15N3O2S/c1-16(7-9-2-4-10(17)5-3-9)13(18)11-8-19-12(6-14)15-11/h2-5,8,17H,6-7,14H2,1H3. The molecule has 0 saturated heterocycles. The second kappa shape index (κ2) is 5.81. The number of carbonyl (C=O) groups excluding carboxylic acids is 1. The molecule has 0 saturated carbocycles. The van der Waals surface area contributed by atoms with Crippen LogP contribution in [0.25, 0.3) is 0 Å². The maximum Gasteiger partial charge on any atom is 0.273 e. The molecule has 19 heavy (non-hydrogen) atoms. The van der Waals surface area contributed by atoms with Gasteiger partial charge in [0.2, 0.25) is 0 Å². The zero-order valence-electron chi connectivity index (χ0n) is 10.5. The van der Waals surface area contributed by atoms with Crippen LogP contribution in [0.5, 0.6) is 5.75 Å². The number of nitrogens with two attached hydrogens (primary N) is 1. The van der Waals surface area contributed by atoms with Crippen LogP contribution in [-0.4, -0.2) is 27.9 Å². The minimum atomic E-state index is -0.135. The van der Waals surface area contributed by atoms with Gasteiger partial charge < -0.3 is 15.7 Å². The number of thiazole rings is 1. The number of aromatic hydroxyl groups is 1. The summed E-state index contributed by atoms with van der Waals surface area (Å²) in [6.45, 7) is 0.814. The van der Waals surface area contributed by atoms with Crippen LogP contribution >= 0.6 is 11.3 Å². The lowest BCUT2D eigenvalue weighted by Gasteiger charge is -2.15. The third-order valence-corrected chi connectivity index (χ3v) is 3.52. The van der Waals surface area contributed by atoms with Crippen LogP contribution in [0.3, 0.4) is 0 Å². The Morgan fingerprint density at radius 2 is 2.11 bits per heavy atom. The summed E-state index contributed by atoms with van der Waals surface area (Å²) in [6, 6.07) is 6.77. The Morgan fingerprint density at radius 3 is 2.68 bits per heavy atom. The average molecular weight is 277 g/mol. The molecule has 2 rings (SSSR count). The van der Waals surface area contributed by atoms with E-state index < -0.39 is 0 Å². The van der Waals surface area contributed by atoms with Gasteiger partial charge in [0.25, 0.3) is 5.91 Å². The van der Waals surface area contributed by atoms with Crippen molar-refractivity contribution >= 4 is 17.2 Å². The molecule has 3 N–H and O–H groups in total. The normalized spacial score (nSPS) is 10.4. The Bertz CT molecular complexity index is 566. The van der Waals surface area contributed by atoms with Crippen LogP contribution < -0.4 is 5.73 Å². The van der Waals surface area contributed by atoms with Crippen molar-refractivity contribution in [2.45, 2.75) is 13.1 Å². The van der Waals surface area contributed by atoms with E-state index in [0.29, 0.717) is 18.8 Å². The van der Waals surface area contributed by atoms with E-state index in [-0.39, 0.29) is 11.7 Å². The van der Waals surface area contributed by atoms with Gasteiger partial charge in [-0.15, -0.1) is 11.3 Å². The molecule has 5 nitrogen and oxygen atoms in total. The van der Waals surface area contributed by atoms with Gasteiger partial charge in [-0.25, -0.2) is 4.98 Å². The van der Waals surface area contributed by atoms with E-state index >= 15 is 0 Å². The van der Waals surface area contributed by atoms with Crippen LogP contribution in [0.1, 0.15) is 21.1 Å². The highest BCUT2D eigenvalue weighted by atomic mass is 32.1. The maximum absolute atomic E-state index is 12.1. The molecule has 0 bridgehead atoms. The van der Waals surface area contributed by atoms with E-state index in [1.807, 2.05) is 0 Å². The first kappa shape index (κ1) is 13.5. The van der Waals surface area contributed by atoms with Crippen LogP contribution in [0.15, 0.2) is 29.6 Å². The summed E-state index contributed by atoms with van der Waals surface area (Å²) >= 11 is 1.39. The fourth-order valence-electron chi connectivity index (χ4n) is 1.65. The maximum atomic E-state index is 12.1. The minimum Gasteiger partial charge on any atom is -0.508 e. The number of rotatable bonds is 4. The lowest BCUT2D eigenvalue weighted by atomic mass is 10.2. The number of phenolic OH excluding ortho intramolecular Hbond substituents is 1. The van der Waals surface area contributed by atoms with Gasteiger partial charge in [-0.2, -0.15) is 0 Å². The van der Waals surface area contributed by atoms with Gasteiger partial charge in [-0.3, -0.25) is 4.79 Å². The van der Waals surface area contributed by atoms with E-state index in [2.05, 4.69) is 4.98 Å². The van der Waals surface area contributed by atoms with Gasteiger partial charge >= 0.3 is 0 Å². The zero-order chi connectivity index (χ0) is 13.8. The largest absolute Gasteiger partial charge is 0.508 e. The summed E-state index contributed by atoms with van der Waals surface area (Å²) in [7, 11) is 1.72. The second-order valence-electron chi connectivity index (χ2n) is 4.16. The molecule has 0 unspecified atom stereocenters. The summed E-state index contributed by atoms with van der Waals surface area (Å²) in [5, 5.41) is 11.7. The Kier molecular flexibility index (Phi) is 4.13. The molecule has 1 amide bonds. The number of aromatic nitrogens is 1. The van der Waals surface area contributed by atoms with E-state index in [0.717, 1.165) is 10.6 Å². The molecular weight excluding hydrogens is 262 g/mol. The summed E-state index contributed by atoms with van der Waals surface area (Å²) in [4.78, 5) is 17.9. The monoisotopic (exact) mass is 277 g/mol. The van der Waals surface area contributed by atoms with Crippen molar-refractivity contribution in [3.8, 4) is 5.75 Å². The highest BCUT2D eigenvalue weighted by molar-refractivity contribution is 7.09. The number of hydrogen-bond donors (Lipinski definition) is 2. The van der Waals surface area contributed by atoms with Gasteiger partial charge in [-0.05, 0) is 17.7 Å². The Morgan fingerprint density at radius 1 is 1.42 bits per heavy atom. The molecule has 100 valence electrons. The molecule has 0 radical (unpaired) electrons. The van der Waals surface area contributed by atoms with Crippen molar-refractivity contribution in [1.82, 2.24) is 9.88 Å². The molecular formula is C13H15N3O2S. The molecule has 2 aromatic rings. The second-order valence-corrected chi connectivity index (χ2v) is 5.10. The average Bonchev–Trinajstić information content (AvgIpc) is 2.89. The number of hydrogen-bond acceptors (Lipinski definition) is 5. The van der Waals surface area contributed by atoms with Crippen LogP contribution in [0, 0.1) is 0 Å². The van der Waals surface area contributed by atoms with Crippen molar-refractivity contribution in [3.63, 3.8) is 0 Å². The third kappa shape index (κ3) is 3.30. The number of benzene rings is 1. The highest BCUT2D eigenvalue weighted by Crippen LogP contribution is 2.14. The first-order valence-corrected chi connectivity index (χ1v) is 6.66. The van der Waals surface area contributed by atoms with Crippen LogP contribution in [0.4, 0.5) is 0 Å². The molecule has 0 aliphatic heterocycles. The van der Waals surface area contributed by atoms with Crippen molar-refractivity contribution in [1.29, 1.82) is 0 Å². The molecule has 0 atom stereocenters. The first-order valence-electron chi connectivity index (χ1n) is 5.78. The van der Waals surface area contributed by atoms with Crippen molar-refractivity contribution in [3.05, 3.63) is 45.9 Å². The lowest BCUT2D eigenvalue weighted by Crippen LogP contribution is -2.26. The molecule has 0 aliphatic rings. The lowest BCUT2D eigenvalue weighted by molar-refractivity contribution is 0.0780. The molecule has 0 aliphatic carbocycles. The quantitative estimate of drug-likeness (QED) is 0.889. The van der Waals surface area contributed by atoms with Crippen molar-refractivity contribution < 1.29 is 9.90 Å². The topological polar surface area (TPSA) is 79.5 Å². The molecule has 1 aromatic carbocycles. The van der Waals surface area contributed by atoms with Gasteiger partial charge in [0.05, 0.1) is 0 Å². The molecule has 0 fully saturated rings. The molecule has 1 aromatic heterocycles. The Labute approximate surface area is 115 Å². The van der Waals surface area contributed by atoms with Crippen molar-refractivity contribution in [2.75, 3.05) is 7.05 Å². The summed E-state index contributed by atoms with van der Waals surface area (Å²) in [5.74, 6) is 0.0776. The van der Waals surface area contributed by atoms with Gasteiger partial charge in [0, 0.05) is 25.5 Å². The van der Waals surface area contributed by atoms with Gasteiger partial charge in [-0.1, -0.05) is 12.1 Å². The summed E-state index contributed by atoms with van der Waals surface area (Å²) in [5.41, 5.74) is 6.85. The molecule has 1 heterocycles. The Balaban J connectivity index is 2.04. The fraction of sp³-hybridized carbons (Fsp3) is 0.231. The van der Waals surface area contributed by atoms with E-state index in [9.17, 15) is 9.90 Å². The predicted molar refractivity (Wildman–Crippen MR) is 73.9 cm³/mol. The van der Waals surface area contributed by atoms with E-state index in [1.54, 1.807) is 41.6 Å². The molecule has 6 heteroatoms. The molecule has 0 spiro atoms. The predicted octanol–water partition coefficient (Wildman–Crippen LogP) is 1.58. The van der Waals surface area contributed by atoms with Gasteiger partial charge in [0.15, 0.2) is 0 Å². The highest BCUT2D eigenvalue weighted by Gasteiger charge is 2.15. The third-order valence-electron chi connectivity index (χ3n) is 2.65. The fourth-order valence-corrected chi connectivity index (χ4v) is 2.29. The van der Waals surface area contributed by atoms with Crippen LogP contribution in [0.2, 0.25) is 0 Å². The number of nitrogens with zero attached hydrogens (tertiary/aromatic N) is 2. The SMILES string of the molecule is CN(Cc1ccc(O)cc1)C(=O)c1csc(CN)n1. The zero-order valence-corrected chi connectivity index (χ0v) is 11.4. The van der Waals surface area contributed by atoms with E-state index in [1.165, 1.54) is 11.3 Å².